The van der Waals surface area contributed by atoms with Crippen molar-refractivity contribution in [3.63, 3.8) is 0 Å². The maximum absolute atomic E-state index is 12.5. The molecule has 24 heavy (non-hydrogen) atoms. The molecule has 0 saturated carbocycles. The molecule has 6 heteroatoms. The number of hydrogen-bond donors (Lipinski definition) is 0. The van der Waals surface area contributed by atoms with E-state index in [2.05, 4.69) is 6.92 Å². The van der Waals surface area contributed by atoms with E-state index < -0.39 is 5.97 Å². The summed E-state index contributed by atoms with van der Waals surface area (Å²) in [7, 11) is 0. The molecule has 2 aromatic carbocycles. The van der Waals surface area contributed by atoms with E-state index >= 15 is 0 Å². The summed E-state index contributed by atoms with van der Waals surface area (Å²) in [6.07, 6.45) is 0. The van der Waals surface area contributed by atoms with Gasteiger partial charge in [0.1, 0.15) is 10.8 Å². The quantitative estimate of drug-likeness (QED) is 0.564. The van der Waals surface area contributed by atoms with Gasteiger partial charge in [-0.05, 0) is 31.5 Å². The van der Waals surface area contributed by atoms with Crippen molar-refractivity contribution in [2.24, 2.45) is 0 Å². The molecule has 4 nitrogen and oxygen atoms in total. The summed E-state index contributed by atoms with van der Waals surface area (Å²) in [5.41, 5.74) is 1.53. The predicted molar refractivity (Wildman–Crippen MR) is 92.9 cm³/mol. The van der Waals surface area contributed by atoms with Crippen molar-refractivity contribution >= 4 is 35.0 Å². The lowest BCUT2D eigenvalue weighted by Gasteiger charge is -2.11. The first-order valence-electron chi connectivity index (χ1n) is 7.17. The Kier molecular flexibility index (Phi) is 6.23. The van der Waals surface area contributed by atoms with Gasteiger partial charge in [0.05, 0.1) is 11.6 Å². The molecule has 0 amide bonds. The molecule has 0 bridgehead atoms. The zero-order valence-corrected chi connectivity index (χ0v) is 14.5. The monoisotopic (exact) mass is 365 g/mol. The van der Waals surface area contributed by atoms with Gasteiger partial charge in [0.15, 0.2) is 12.4 Å². The average molecular weight is 366 g/mol. The Labute approximate surface area is 150 Å². The van der Waals surface area contributed by atoms with Gasteiger partial charge in [-0.15, -0.1) is 0 Å². The molecular weight excluding hydrogens is 351 g/mol. The molecule has 0 spiro atoms. The zero-order chi connectivity index (χ0) is 17.7. The third kappa shape index (κ3) is 4.28. The second-order valence-corrected chi connectivity index (χ2v) is 5.61. The zero-order valence-electron chi connectivity index (χ0n) is 13.0. The van der Waals surface area contributed by atoms with Crippen LogP contribution in [0.3, 0.4) is 0 Å². The van der Waals surface area contributed by atoms with Crippen molar-refractivity contribution in [1.82, 2.24) is 0 Å². The highest BCUT2D eigenvalue weighted by Gasteiger charge is 2.18. The molecule has 0 aromatic heterocycles. The van der Waals surface area contributed by atoms with Crippen molar-refractivity contribution in [2.45, 2.75) is 6.92 Å². The largest absolute Gasteiger partial charge is 0.480 e. The van der Waals surface area contributed by atoms with Crippen LogP contribution in [0.1, 0.15) is 28.4 Å². The summed E-state index contributed by atoms with van der Waals surface area (Å²) >= 11 is 12.3. The fourth-order valence-corrected chi connectivity index (χ4v) is 2.43. The molecule has 0 aliphatic rings. The third-order valence-corrected chi connectivity index (χ3v) is 4.02. The number of carbonyl (C=O) groups excluding carboxylic acids is 2. The summed E-state index contributed by atoms with van der Waals surface area (Å²) in [5, 5.41) is 0.141. The highest BCUT2D eigenvalue weighted by Crippen LogP contribution is 2.35. The fraction of sp³-hybridized carbons (Fsp3) is 0.167. The summed E-state index contributed by atoms with van der Waals surface area (Å²) in [6.45, 7) is 5.44. The van der Waals surface area contributed by atoms with E-state index in [1.54, 1.807) is 31.2 Å². The summed E-state index contributed by atoms with van der Waals surface area (Å²) < 4.78 is 10.0. The third-order valence-electron chi connectivity index (χ3n) is 3.16. The normalized spacial score (nSPS) is 10.3. The second-order valence-electron chi connectivity index (χ2n) is 4.86. The second kappa shape index (κ2) is 8.18. The molecular formula is C18H15Cl2O4. The molecule has 0 N–H and O–H groups in total. The number of hydrogen-bond acceptors (Lipinski definition) is 4. The van der Waals surface area contributed by atoms with Crippen LogP contribution in [0.25, 0.3) is 0 Å². The van der Waals surface area contributed by atoms with Crippen LogP contribution in [0, 0.1) is 6.92 Å². The molecule has 125 valence electrons. The Morgan fingerprint density at radius 3 is 2.33 bits per heavy atom. The summed E-state index contributed by atoms with van der Waals surface area (Å²) in [6, 6.07) is 9.81. The van der Waals surface area contributed by atoms with Crippen LogP contribution >= 0.6 is 23.2 Å². The molecule has 0 fully saturated rings. The Morgan fingerprint density at radius 1 is 1.04 bits per heavy atom. The van der Waals surface area contributed by atoms with Crippen molar-refractivity contribution in [2.75, 3.05) is 13.2 Å². The summed E-state index contributed by atoms with van der Waals surface area (Å²) in [4.78, 5) is 23.8. The van der Waals surface area contributed by atoms with E-state index in [1.807, 2.05) is 0 Å². The lowest BCUT2D eigenvalue weighted by atomic mass is 10.0. The predicted octanol–water partition coefficient (Wildman–Crippen LogP) is 4.35. The van der Waals surface area contributed by atoms with Gasteiger partial charge in [0.25, 0.3) is 0 Å². The first-order valence-corrected chi connectivity index (χ1v) is 7.92. The minimum absolute atomic E-state index is 0.0700. The topological polar surface area (TPSA) is 52.6 Å². The Bertz CT molecular complexity index is 754. The molecule has 0 aliphatic heterocycles. The van der Waals surface area contributed by atoms with E-state index in [0.29, 0.717) is 5.56 Å². The Balaban J connectivity index is 2.21. The highest BCUT2D eigenvalue weighted by molar-refractivity contribution is 6.45. The molecule has 1 radical (unpaired) electrons. The van der Waals surface area contributed by atoms with Gasteiger partial charge in [-0.2, -0.15) is 0 Å². The Morgan fingerprint density at radius 2 is 1.71 bits per heavy atom. The first-order chi connectivity index (χ1) is 11.4. The first kappa shape index (κ1) is 18.3. The van der Waals surface area contributed by atoms with Crippen molar-refractivity contribution in [1.29, 1.82) is 0 Å². The number of benzene rings is 2. The van der Waals surface area contributed by atoms with E-state index in [-0.39, 0.29) is 40.4 Å². The van der Waals surface area contributed by atoms with Gasteiger partial charge in [0, 0.05) is 11.1 Å². The maximum Gasteiger partial charge on any atom is 0.344 e. The molecule has 2 aromatic rings. The van der Waals surface area contributed by atoms with E-state index in [1.165, 1.54) is 12.1 Å². The molecule has 0 saturated heterocycles. The lowest BCUT2D eigenvalue weighted by molar-refractivity contribution is -0.145. The average Bonchev–Trinajstić information content (AvgIpc) is 2.56. The number of carbonyl (C=O) groups is 2. The van der Waals surface area contributed by atoms with Gasteiger partial charge in [-0.25, -0.2) is 4.79 Å². The SMILES string of the molecule is [CH2]c1ccc(C(=O)c2ccc(OCC(=O)OCC)c(Cl)c2Cl)cc1. The highest BCUT2D eigenvalue weighted by atomic mass is 35.5. The van der Waals surface area contributed by atoms with Crippen LogP contribution in [0.5, 0.6) is 5.75 Å². The number of ketones is 1. The maximum atomic E-state index is 12.5. The minimum atomic E-state index is -0.516. The molecule has 0 heterocycles. The van der Waals surface area contributed by atoms with Gasteiger partial charge in [-0.1, -0.05) is 47.5 Å². The minimum Gasteiger partial charge on any atom is -0.480 e. The fourth-order valence-electron chi connectivity index (χ4n) is 1.97. The van der Waals surface area contributed by atoms with Crippen LogP contribution in [0.4, 0.5) is 0 Å². The number of ether oxygens (including phenoxy) is 2. The molecule has 0 aliphatic carbocycles. The van der Waals surface area contributed by atoms with Crippen LogP contribution in [0.15, 0.2) is 36.4 Å². The van der Waals surface area contributed by atoms with Crippen LogP contribution in [-0.2, 0) is 9.53 Å². The smallest absolute Gasteiger partial charge is 0.344 e. The van der Waals surface area contributed by atoms with Crippen molar-refractivity contribution in [3.05, 3.63) is 70.1 Å². The Hall–Kier alpha value is -2.04. The van der Waals surface area contributed by atoms with Gasteiger partial charge >= 0.3 is 5.97 Å². The van der Waals surface area contributed by atoms with E-state index in [4.69, 9.17) is 32.7 Å². The van der Waals surface area contributed by atoms with Crippen LogP contribution in [-0.4, -0.2) is 25.0 Å². The van der Waals surface area contributed by atoms with Crippen LogP contribution in [0.2, 0.25) is 10.0 Å². The molecule has 2 rings (SSSR count). The standard InChI is InChI=1S/C18H15Cl2O4/c1-3-23-15(21)10-24-14-9-8-13(16(19)17(14)20)18(22)12-6-4-11(2)5-7-12/h4-9H,2-3,10H2,1H3. The van der Waals surface area contributed by atoms with Gasteiger partial charge < -0.3 is 9.47 Å². The number of esters is 1. The van der Waals surface area contributed by atoms with Crippen molar-refractivity contribution in [3.8, 4) is 5.75 Å². The van der Waals surface area contributed by atoms with Crippen molar-refractivity contribution < 1.29 is 19.1 Å². The molecule has 0 atom stereocenters. The number of halogens is 2. The number of rotatable bonds is 6. The van der Waals surface area contributed by atoms with Crippen LogP contribution < -0.4 is 4.74 Å². The van der Waals surface area contributed by atoms with Gasteiger partial charge in [0.2, 0.25) is 0 Å². The van der Waals surface area contributed by atoms with E-state index in [9.17, 15) is 9.59 Å². The summed E-state index contributed by atoms with van der Waals surface area (Å²) in [5.74, 6) is -0.573. The lowest BCUT2D eigenvalue weighted by Crippen LogP contribution is -2.15. The van der Waals surface area contributed by atoms with Gasteiger partial charge in [-0.3, -0.25) is 4.79 Å². The molecule has 0 unspecified atom stereocenters. The van der Waals surface area contributed by atoms with E-state index in [0.717, 1.165) is 5.56 Å².